The SMILES string of the molecule is O=C1C(Cl)C(Cl)C(=O)N1c1cc(Cl)cc(Cl)c1. The monoisotopic (exact) mass is 311 g/mol. The minimum Gasteiger partial charge on any atom is -0.272 e. The number of rotatable bonds is 1. The Balaban J connectivity index is 2.47. The summed E-state index contributed by atoms with van der Waals surface area (Å²) in [6.07, 6.45) is 0. The first-order chi connectivity index (χ1) is 7.91. The van der Waals surface area contributed by atoms with Crippen LogP contribution >= 0.6 is 46.4 Å². The Morgan fingerprint density at radius 1 is 0.882 bits per heavy atom. The molecule has 1 aliphatic rings. The van der Waals surface area contributed by atoms with Crippen LogP contribution in [0.1, 0.15) is 0 Å². The third-order valence-corrected chi connectivity index (χ3v) is 3.72. The van der Waals surface area contributed by atoms with Crippen molar-refractivity contribution in [1.29, 1.82) is 0 Å². The molecule has 17 heavy (non-hydrogen) atoms. The van der Waals surface area contributed by atoms with E-state index in [-0.39, 0.29) is 5.69 Å². The second-order valence-corrected chi connectivity index (χ2v) is 5.26. The molecule has 2 atom stereocenters. The van der Waals surface area contributed by atoms with E-state index in [9.17, 15) is 9.59 Å². The molecular weight excluding hydrogens is 308 g/mol. The van der Waals surface area contributed by atoms with Crippen LogP contribution in [-0.2, 0) is 9.59 Å². The van der Waals surface area contributed by atoms with Gasteiger partial charge in [-0.15, -0.1) is 23.2 Å². The first-order valence-corrected chi connectivity index (χ1v) is 6.17. The number of benzene rings is 1. The molecule has 0 saturated carbocycles. The number of nitrogens with zero attached hydrogens (tertiary/aromatic N) is 1. The van der Waals surface area contributed by atoms with Crippen LogP contribution in [0, 0.1) is 0 Å². The zero-order valence-corrected chi connectivity index (χ0v) is 11.2. The molecule has 0 spiro atoms. The average molecular weight is 313 g/mol. The maximum atomic E-state index is 11.8. The number of carbonyl (C=O) groups is 2. The zero-order chi connectivity index (χ0) is 12.7. The standard InChI is InChI=1S/C10H5Cl4NO2/c11-4-1-5(12)3-6(2-4)15-9(16)7(13)8(14)10(15)17/h1-3,7-8H. The van der Waals surface area contributed by atoms with Crippen molar-refractivity contribution in [1.82, 2.24) is 0 Å². The Morgan fingerprint density at radius 2 is 1.29 bits per heavy atom. The Bertz CT molecular complexity index is 465. The van der Waals surface area contributed by atoms with Gasteiger partial charge in [0.25, 0.3) is 11.8 Å². The lowest BCUT2D eigenvalue weighted by Gasteiger charge is -2.14. The third kappa shape index (κ3) is 2.25. The molecule has 1 aromatic carbocycles. The van der Waals surface area contributed by atoms with E-state index in [4.69, 9.17) is 46.4 Å². The summed E-state index contributed by atoms with van der Waals surface area (Å²) in [5, 5.41) is -1.50. The lowest BCUT2D eigenvalue weighted by atomic mass is 10.3. The summed E-state index contributed by atoms with van der Waals surface area (Å²) in [6.45, 7) is 0. The lowest BCUT2D eigenvalue weighted by molar-refractivity contribution is -0.121. The van der Waals surface area contributed by atoms with Crippen molar-refractivity contribution in [3.8, 4) is 0 Å². The van der Waals surface area contributed by atoms with Crippen LogP contribution in [0.5, 0.6) is 0 Å². The first kappa shape index (κ1) is 13.0. The maximum Gasteiger partial charge on any atom is 0.253 e. The number of imide groups is 1. The molecule has 0 radical (unpaired) electrons. The van der Waals surface area contributed by atoms with E-state index in [1.165, 1.54) is 18.2 Å². The van der Waals surface area contributed by atoms with Crippen molar-refractivity contribution in [2.75, 3.05) is 4.90 Å². The highest BCUT2D eigenvalue weighted by atomic mass is 35.5. The topological polar surface area (TPSA) is 37.4 Å². The van der Waals surface area contributed by atoms with Crippen molar-refractivity contribution < 1.29 is 9.59 Å². The van der Waals surface area contributed by atoms with Crippen LogP contribution in [0.15, 0.2) is 18.2 Å². The summed E-state index contributed by atoms with van der Waals surface area (Å²) >= 11 is 23.0. The zero-order valence-electron chi connectivity index (χ0n) is 8.16. The van der Waals surface area contributed by atoms with Crippen LogP contribution in [-0.4, -0.2) is 22.6 Å². The molecule has 1 aromatic rings. The Labute approximate surface area is 117 Å². The number of amides is 2. The van der Waals surface area contributed by atoms with Crippen LogP contribution in [0.4, 0.5) is 5.69 Å². The molecule has 7 heteroatoms. The van der Waals surface area contributed by atoms with Gasteiger partial charge in [0.15, 0.2) is 0 Å². The van der Waals surface area contributed by atoms with Gasteiger partial charge >= 0.3 is 0 Å². The van der Waals surface area contributed by atoms with Gasteiger partial charge in [0.05, 0.1) is 5.69 Å². The second kappa shape index (κ2) is 4.65. The van der Waals surface area contributed by atoms with Crippen molar-refractivity contribution in [3.63, 3.8) is 0 Å². The van der Waals surface area contributed by atoms with Crippen molar-refractivity contribution in [2.24, 2.45) is 0 Å². The van der Waals surface area contributed by atoms with Gasteiger partial charge in [-0.3, -0.25) is 9.59 Å². The van der Waals surface area contributed by atoms with Crippen molar-refractivity contribution >= 4 is 63.9 Å². The number of hydrogen-bond donors (Lipinski definition) is 0. The lowest BCUT2D eigenvalue weighted by Crippen LogP contribution is -2.31. The van der Waals surface area contributed by atoms with Crippen LogP contribution in [0.25, 0.3) is 0 Å². The van der Waals surface area contributed by atoms with E-state index in [0.717, 1.165) is 4.90 Å². The van der Waals surface area contributed by atoms with Crippen LogP contribution < -0.4 is 4.90 Å². The molecule has 0 aromatic heterocycles. The minimum absolute atomic E-state index is 0.270. The molecule has 1 heterocycles. The molecule has 1 fully saturated rings. The van der Waals surface area contributed by atoms with Gasteiger partial charge in [-0.2, -0.15) is 0 Å². The fraction of sp³-hybridized carbons (Fsp3) is 0.200. The van der Waals surface area contributed by atoms with Crippen LogP contribution in [0.3, 0.4) is 0 Å². The highest BCUT2D eigenvalue weighted by molar-refractivity contribution is 6.52. The summed E-state index contributed by atoms with van der Waals surface area (Å²) in [4.78, 5) is 24.4. The number of halogens is 4. The molecule has 2 rings (SSSR count). The molecule has 1 aliphatic heterocycles. The molecule has 2 unspecified atom stereocenters. The predicted molar refractivity (Wildman–Crippen MR) is 68.2 cm³/mol. The molecule has 0 aliphatic carbocycles. The predicted octanol–water partition coefficient (Wildman–Crippen LogP) is 3.08. The van der Waals surface area contributed by atoms with Gasteiger partial charge in [-0.05, 0) is 18.2 Å². The summed E-state index contributed by atoms with van der Waals surface area (Å²) in [6, 6.07) is 4.39. The molecule has 90 valence electrons. The minimum atomic E-state index is -1.07. The molecule has 2 amide bonds. The van der Waals surface area contributed by atoms with E-state index in [1.54, 1.807) is 0 Å². The van der Waals surface area contributed by atoms with E-state index in [2.05, 4.69) is 0 Å². The fourth-order valence-corrected chi connectivity index (χ4v) is 2.45. The van der Waals surface area contributed by atoms with E-state index < -0.39 is 22.6 Å². The van der Waals surface area contributed by atoms with E-state index in [0.29, 0.717) is 10.0 Å². The molecular formula is C10H5Cl4NO2. The average Bonchev–Trinajstić information content (AvgIpc) is 2.42. The molecule has 3 nitrogen and oxygen atoms in total. The maximum absolute atomic E-state index is 11.8. The summed E-state index contributed by atoms with van der Waals surface area (Å²) in [7, 11) is 0. The Hall–Kier alpha value is -0.480. The Morgan fingerprint density at radius 3 is 1.71 bits per heavy atom. The van der Waals surface area contributed by atoms with E-state index in [1.807, 2.05) is 0 Å². The second-order valence-electron chi connectivity index (χ2n) is 3.44. The summed E-state index contributed by atoms with van der Waals surface area (Å²) < 4.78 is 0. The van der Waals surface area contributed by atoms with Gasteiger partial charge in [0.1, 0.15) is 10.8 Å². The number of hydrogen-bond acceptors (Lipinski definition) is 2. The van der Waals surface area contributed by atoms with E-state index >= 15 is 0 Å². The van der Waals surface area contributed by atoms with Gasteiger partial charge in [-0.1, -0.05) is 23.2 Å². The van der Waals surface area contributed by atoms with Gasteiger partial charge < -0.3 is 0 Å². The van der Waals surface area contributed by atoms with Gasteiger partial charge in [0, 0.05) is 10.0 Å². The summed E-state index contributed by atoms with van der Waals surface area (Å²) in [5.41, 5.74) is 0.270. The smallest absolute Gasteiger partial charge is 0.253 e. The Kier molecular flexibility index (Phi) is 3.55. The summed E-state index contributed by atoms with van der Waals surface area (Å²) in [5.74, 6) is -1.15. The highest BCUT2D eigenvalue weighted by Gasteiger charge is 2.46. The number of carbonyl (C=O) groups excluding carboxylic acids is 2. The fourth-order valence-electron chi connectivity index (χ4n) is 1.53. The quantitative estimate of drug-likeness (QED) is 0.590. The molecule has 1 saturated heterocycles. The largest absolute Gasteiger partial charge is 0.272 e. The molecule has 0 bridgehead atoms. The number of anilines is 1. The van der Waals surface area contributed by atoms with Crippen molar-refractivity contribution in [2.45, 2.75) is 10.8 Å². The highest BCUT2D eigenvalue weighted by Crippen LogP contribution is 2.32. The third-order valence-electron chi connectivity index (χ3n) is 2.28. The molecule has 0 N–H and O–H groups in total. The number of alkyl halides is 2. The van der Waals surface area contributed by atoms with Gasteiger partial charge in [-0.25, -0.2) is 4.90 Å². The van der Waals surface area contributed by atoms with Gasteiger partial charge in [0.2, 0.25) is 0 Å². The van der Waals surface area contributed by atoms with Crippen LogP contribution in [0.2, 0.25) is 10.0 Å². The first-order valence-electron chi connectivity index (χ1n) is 4.54. The van der Waals surface area contributed by atoms with Crippen molar-refractivity contribution in [3.05, 3.63) is 28.2 Å². The normalized spacial score (nSPS) is 24.6.